The van der Waals surface area contributed by atoms with E-state index in [1.807, 2.05) is 43.3 Å². The van der Waals surface area contributed by atoms with E-state index >= 15 is 0 Å². The minimum Gasteiger partial charge on any atom is -0.399 e. The molecule has 0 saturated heterocycles. The van der Waals surface area contributed by atoms with Crippen LogP contribution >= 0.6 is 23.2 Å². The zero-order valence-electron chi connectivity index (χ0n) is 11.7. The van der Waals surface area contributed by atoms with Crippen molar-refractivity contribution in [3.8, 4) is 0 Å². The number of nitrogens with one attached hydrogen (secondary N) is 1. The first-order valence-corrected chi connectivity index (χ1v) is 6.97. The van der Waals surface area contributed by atoms with Crippen LogP contribution in [0.5, 0.6) is 0 Å². The SMILES string of the molecule is CN(C)c1ccc(NC(=O)c2cc(N)cc(Cl)c2Cl)cc1. The fourth-order valence-electron chi connectivity index (χ4n) is 1.82. The highest BCUT2D eigenvalue weighted by Gasteiger charge is 2.14. The number of anilines is 3. The molecular formula is C15H15Cl2N3O. The van der Waals surface area contributed by atoms with Gasteiger partial charge in [-0.25, -0.2) is 0 Å². The minimum atomic E-state index is -0.355. The van der Waals surface area contributed by atoms with Crippen molar-refractivity contribution in [2.45, 2.75) is 0 Å². The van der Waals surface area contributed by atoms with Gasteiger partial charge in [0.25, 0.3) is 5.91 Å². The van der Waals surface area contributed by atoms with E-state index in [0.717, 1.165) is 5.69 Å². The maximum absolute atomic E-state index is 12.2. The molecule has 0 saturated carbocycles. The summed E-state index contributed by atoms with van der Waals surface area (Å²) < 4.78 is 0. The molecule has 0 aliphatic heterocycles. The Balaban J connectivity index is 2.22. The Kier molecular flexibility index (Phi) is 4.60. The number of halogens is 2. The highest BCUT2D eigenvalue weighted by atomic mass is 35.5. The molecule has 2 aromatic rings. The van der Waals surface area contributed by atoms with Crippen molar-refractivity contribution in [1.29, 1.82) is 0 Å². The summed E-state index contributed by atoms with van der Waals surface area (Å²) >= 11 is 12.0. The number of carbonyl (C=O) groups is 1. The van der Waals surface area contributed by atoms with Crippen molar-refractivity contribution in [2.75, 3.05) is 30.0 Å². The first-order valence-electron chi connectivity index (χ1n) is 6.21. The standard InChI is InChI=1S/C15H15Cl2N3O/c1-20(2)11-5-3-10(4-6-11)19-15(21)12-7-9(18)8-13(16)14(12)17/h3-8H,18H2,1-2H3,(H,19,21). The van der Waals surface area contributed by atoms with Crippen LogP contribution < -0.4 is 16.0 Å². The van der Waals surface area contributed by atoms with Gasteiger partial charge in [0.15, 0.2) is 0 Å². The van der Waals surface area contributed by atoms with Crippen LogP contribution in [0.1, 0.15) is 10.4 Å². The molecule has 0 spiro atoms. The third-order valence-corrected chi connectivity index (χ3v) is 3.74. The quantitative estimate of drug-likeness (QED) is 0.842. The fraction of sp³-hybridized carbons (Fsp3) is 0.133. The molecule has 0 radical (unpaired) electrons. The van der Waals surface area contributed by atoms with Gasteiger partial charge in [-0.1, -0.05) is 23.2 Å². The van der Waals surface area contributed by atoms with E-state index in [2.05, 4.69) is 5.32 Å². The number of nitrogen functional groups attached to an aromatic ring is 1. The molecule has 0 unspecified atom stereocenters. The Morgan fingerprint density at radius 3 is 2.33 bits per heavy atom. The lowest BCUT2D eigenvalue weighted by Gasteiger charge is -2.13. The van der Waals surface area contributed by atoms with Crippen molar-refractivity contribution < 1.29 is 4.79 Å². The second-order valence-electron chi connectivity index (χ2n) is 4.76. The molecule has 0 heterocycles. The maximum atomic E-state index is 12.2. The molecule has 2 aromatic carbocycles. The summed E-state index contributed by atoms with van der Waals surface area (Å²) in [6.45, 7) is 0. The highest BCUT2D eigenvalue weighted by molar-refractivity contribution is 6.44. The summed E-state index contributed by atoms with van der Waals surface area (Å²) in [6, 6.07) is 10.4. The zero-order valence-corrected chi connectivity index (χ0v) is 13.2. The molecule has 0 fully saturated rings. The van der Waals surface area contributed by atoms with Gasteiger partial charge >= 0.3 is 0 Å². The van der Waals surface area contributed by atoms with E-state index in [9.17, 15) is 4.79 Å². The Morgan fingerprint density at radius 2 is 1.76 bits per heavy atom. The number of benzene rings is 2. The number of hydrogen-bond donors (Lipinski definition) is 2. The smallest absolute Gasteiger partial charge is 0.257 e. The molecule has 0 aromatic heterocycles. The summed E-state index contributed by atoms with van der Waals surface area (Å²) in [5.74, 6) is -0.355. The number of nitrogens with two attached hydrogens (primary N) is 1. The van der Waals surface area contributed by atoms with Crippen molar-refractivity contribution in [2.24, 2.45) is 0 Å². The van der Waals surface area contributed by atoms with Gasteiger partial charge in [-0.2, -0.15) is 0 Å². The first kappa shape index (κ1) is 15.5. The van der Waals surface area contributed by atoms with Gasteiger partial charge in [0.05, 0.1) is 15.6 Å². The number of carbonyl (C=O) groups excluding carboxylic acids is 1. The Hall–Kier alpha value is -1.91. The van der Waals surface area contributed by atoms with Crippen molar-refractivity contribution in [1.82, 2.24) is 0 Å². The predicted octanol–water partition coefficient (Wildman–Crippen LogP) is 3.89. The van der Waals surface area contributed by atoms with Crippen LogP contribution in [-0.4, -0.2) is 20.0 Å². The lowest BCUT2D eigenvalue weighted by molar-refractivity contribution is 0.102. The molecule has 0 bridgehead atoms. The van der Waals surface area contributed by atoms with Gasteiger partial charge in [-0.3, -0.25) is 4.79 Å². The van der Waals surface area contributed by atoms with Crippen molar-refractivity contribution in [3.05, 3.63) is 52.0 Å². The maximum Gasteiger partial charge on any atom is 0.257 e. The monoisotopic (exact) mass is 323 g/mol. The Morgan fingerprint density at radius 1 is 1.14 bits per heavy atom. The average molecular weight is 324 g/mol. The van der Waals surface area contributed by atoms with Crippen LogP contribution in [0.2, 0.25) is 10.0 Å². The zero-order chi connectivity index (χ0) is 15.6. The van der Waals surface area contributed by atoms with E-state index in [1.54, 1.807) is 0 Å². The van der Waals surface area contributed by atoms with E-state index in [0.29, 0.717) is 11.4 Å². The van der Waals surface area contributed by atoms with E-state index < -0.39 is 0 Å². The fourth-order valence-corrected chi connectivity index (χ4v) is 2.24. The van der Waals surface area contributed by atoms with Gasteiger partial charge in [0.1, 0.15) is 0 Å². The number of nitrogens with zero attached hydrogens (tertiary/aromatic N) is 1. The van der Waals surface area contributed by atoms with E-state index in [1.165, 1.54) is 12.1 Å². The van der Waals surface area contributed by atoms with Crippen LogP contribution in [0.15, 0.2) is 36.4 Å². The third kappa shape index (κ3) is 3.60. The first-order chi connectivity index (χ1) is 9.88. The third-order valence-electron chi connectivity index (χ3n) is 2.94. The average Bonchev–Trinajstić information content (AvgIpc) is 2.43. The lowest BCUT2D eigenvalue weighted by atomic mass is 10.1. The Labute approximate surface area is 133 Å². The van der Waals surface area contributed by atoms with Crippen LogP contribution in [0.25, 0.3) is 0 Å². The highest BCUT2D eigenvalue weighted by Crippen LogP contribution is 2.29. The van der Waals surface area contributed by atoms with E-state index in [4.69, 9.17) is 28.9 Å². The Bertz CT molecular complexity index is 669. The summed E-state index contributed by atoms with van der Waals surface area (Å²) in [5.41, 5.74) is 8.03. The molecule has 0 atom stereocenters. The number of rotatable bonds is 3. The number of amides is 1. The van der Waals surface area contributed by atoms with Gasteiger partial charge in [0, 0.05) is 31.2 Å². The summed E-state index contributed by atoms with van der Waals surface area (Å²) in [6.07, 6.45) is 0. The van der Waals surface area contributed by atoms with Crippen LogP contribution in [0.4, 0.5) is 17.1 Å². The second-order valence-corrected chi connectivity index (χ2v) is 5.54. The van der Waals surface area contributed by atoms with Gasteiger partial charge in [0.2, 0.25) is 0 Å². The largest absolute Gasteiger partial charge is 0.399 e. The molecule has 2 rings (SSSR count). The van der Waals surface area contributed by atoms with Crippen LogP contribution in [0, 0.1) is 0 Å². The topological polar surface area (TPSA) is 58.4 Å². The normalized spacial score (nSPS) is 10.3. The van der Waals surface area contributed by atoms with Crippen LogP contribution in [-0.2, 0) is 0 Å². The molecule has 6 heteroatoms. The predicted molar refractivity (Wildman–Crippen MR) is 89.6 cm³/mol. The molecule has 0 aliphatic rings. The van der Waals surface area contributed by atoms with Gasteiger partial charge in [-0.15, -0.1) is 0 Å². The molecule has 3 N–H and O–H groups in total. The molecular weight excluding hydrogens is 309 g/mol. The summed E-state index contributed by atoms with van der Waals surface area (Å²) in [5, 5.41) is 3.21. The summed E-state index contributed by atoms with van der Waals surface area (Å²) in [4.78, 5) is 14.2. The minimum absolute atomic E-state index is 0.188. The van der Waals surface area contributed by atoms with Crippen molar-refractivity contribution in [3.63, 3.8) is 0 Å². The molecule has 0 aliphatic carbocycles. The van der Waals surface area contributed by atoms with Crippen LogP contribution in [0.3, 0.4) is 0 Å². The molecule has 4 nitrogen and oxygen atoms in total. The molecule has 1 amide bonds. The lowest BCUT2D eigenvalue weighted by Crippen LogP contribution is -2.13. The summed E-state index contributed by atoms with van der Waals surface area (Å²) in [7, 11) is 3.89. The number of hydrogen-bond acceptors (Lipinski definition) is 3. The van der Waals surface area contributed by atoms with Gasteiger partial charge < -0.3 is 16.0 Å². The second kappa shape index (κ2) is 6.24. The van der Waals surface area contributed by atoms with Crippen molar-refractivity contribution >= 4 is 46.2 Å². The molecule has 110 valence electrons. The molecule has 21 heavy (non-hydrogen) atoms. The van der Waals surface area contributed by atoms with Gasteiger partial charge in [-0.05, 0) is 36.4 Å². The van der Waals surface area contributed by atoms with E-state index in [-0.39, 0.29) is 21.5 Å².